The van der Waals surface area contributed by atoms with Crippen LogP contribution >= 0.6 is 0 Å². The van der Waals surface area contributed by atoms with E-state index in [4.69, 9.17) is 0 Å². The van der Waals surface area contributed by atoms with E-state index in [2.05, 4.69) is 5.32 Å². The van der Waals surface area contributed by atoms with Crippen LogP contribution in [0, 0.1) is 0 Å². The molecule has 13 heavy (non-hydrogen) atoms. The smallest absolute Gasteiger partial charge is 0.219 e. The van der Waals surface area contributed by atoms with Gasteiger partial charge in [-0.05, 0) is 13.3 Å². The molecule has 0 heterocycles. The molecule has 0 radical (unpaired) electrons. The lowest BCUT2D eigenvalue weighted by Crippen LogP contribution is -2.23. The summed E-state index contributed by atoms with van der Waals surface area (Å²) in [5.41, 5.74) is 0. The maximum atomic E-state index is 10.7. The molecule has 0 aromatic carbocycles. The van der Waals surface area contributed by atoms with Gasteiger partial charge in [0.25, 0.3) is 0 Å². The average Bonchev–Trinajstić information content (AvgIpc) is 2.15. The number of hydrogen-bond donors (Lipinski definition) is 1. The zero-order valence-electron chi connectivity index (χ0n) is 9.14. The van der Waals surface area contributed by atoms with Crippen LogP contribution < -0.4 is 5.32 Å². The molecule has 1 amide bonds. The SMILES string of the molecule is CC.CCC(=O)NCCCC(C)=O. The molecule has 0 aliphatic heterocycles. The Morgan fingerprint density at radius 2 is 1.77 bits per heavy atom. The Bertz CT molecular complexity index is 144. The second-order valence-electron chi connectivity index (χ2n) is 2.51. The number of amides is 1. The van der Waals surface area contributed by atoms with E-state index in [1.54, 1.807) is 13.8 Å². The van der Waals surface area contributed by atoms with Gasteiger partial charge in [0.15, 0.2) is 0 Å². The summed E-state index contributed by atoms with van der Waals surface area (Å²) >= 11 is 0. The van der Waals surface area contributed by atoms with Crippen molar-refractivity contribution >= 4 is 11.7 Å². The number of hydrogen-bond acceptors (Lipinski definition) is 2. The van der Waals surface area contributed by atoms with E-state index in [-0.39, 0.29) is 11.7 Å². The molecule has 0 aliphatic rings. The fourth-order valence-electron chi connectivity index (χ4n) is 0.690. The Balaban J connectivity index is 0. The van der Waals surface area contributed by atoms with Gasteiger partial charge in [-0.1, -0.05) is 20.8 Å². The number of rotatable bonds is 5. The Hall–Kier alpha value is -0.860. The molecule has 3 nitrogen and oxygen atoms in total. The lowest BCUT2D eigenvalue weighted by Gasteiger charge is -2.00. The van der Waals surface area contributed by atoms with Gasteiger partial charge in [0.2, 0.25) is 5.91 Å². The molecular formula is C10H21NO2. The van der Waals surface area contributed by atoms with Crippen LogP contribution in [-0.4, -0.2) is 18.2 Å². The fraction of sp³-hybridized carbons (Fsp3) is 0.800. The normalized spacial score (nSPS) is 8.31. The first-order valence-electron chi connectivity index (χ1n) is 4.93. The first-order valence-corrected chi connectivity index (χ1v) is 4.93. The van der Waals surface area contributed by atoms with Crippen LogP contribution in [-0.2, 0) is 9.59 Å². The number of ketones is 1. The minimum absolute atomic E-state index is 0.0496. The van der Waals surface area contributed by atoms with Crippen molar-refractivity contribution in [3.05, 3.63) is 0 Å². The lowest BCUT2D eigenvalue weighted by molar-refractivity contribution is -0.121. The summed E-state index contributed by atoms with van der Waals surface area (Å²) in [5.74, 6) is 0.226. The number of Topliss-reactive ketones (excluding diaryl/α,β-unsaturated/α-hetero) is 1. The topological polar surface area (TPSA) is 46.2 Å². The van der Waals surface area contributed by atoms with Crippen LogP contribution in [0.5, 0.6) is 0 Å². The van der Waals surface area contributed by atoms with E-state index in [1.165, 1.54) is 0 Å². The molecule has 0 saturated carbocycles. The van der Waals surface area contributed by atoms with Gasteiger partial charge in [-0.15, -0.1) is 0 Å². The highest BCUT2D eigenvalue weighted by Gasteiger charge is 1.96. The molecule has 0 spiro atoms. The molecule has 0 aliphatic carbocycles. The van der Waals surface area contributed by atoms with Crippen LogP contribution in [0.4, 0.5) is 0 Å². The van der Waals surface area contributed by atoms with Gasteiger partial charge in [0.05, 0.1) is 0 Å². The number of carbonyl (C=O) groups is 2. The Labute approximate surface area is 80.9 Å². The van der Waals surface area contributed by atoms with Crippen molar-refractivity contribution in [2.24, 2.45) is 0 Å². The van der Waals surface area contributed by atoms with E-state index in [0.29, 0.717) is 19.4 Å². The van der Waals surface area contributed by atoms with E-state index in [1.807, 2.05) is 13.8 Å². The number of nitrogens with one attached hydrogen (secondary N) is 1. The summed E-state index contributed by atoms with van der Waals surface area (Å²) < 4.78 is 0. The van der Waals surface area contributed by atoms with E-state index >= 15 is 0 Å². The number of carbonyl (C=O) groups excluding carboxylic acids is 2. The molecule has 78 valence electrons. The Morgan fingerprint density at radius 3 is 2.15 bits per heavy atom. The van der Waals surface area contributed by atoms with E-state index in [0.717, 1.165) is 6.42 Å². The van der Waals surface area contributed by atoms with Gasteiger partial charge in [0, 0.05) is 19.4 Å². The maximum absolute atomic E-state index is 10.7. The monoisotopic (exact) mass is 187 g/mol. The van der Waals surface area contributed by atoms with Gasteiger partial charge < -0.3 is 10.1 Å². The van der Waals surface area contributed by atoms with Crippen LogP contribution in [0.25, 0.3) is 0 Å². The van der Waals surface area contributed by atoms with Crippen molar-refractivity contribution in [1.82, 2.24) is 5.32 Å². The van der Waals surface area contributed by atoms with E-state index in [9.17, 15) is 9.59 Å². The summed E-state index contributed by atoms with van der Waals surface area (Å²) in [7, 11) is 0. The molecule has 0 unspecified atom stereocenters. The summed E-state index contributed by atoms with van der Waals surface area (Å²) in [6.45, 7) is 7.98. The summed E-state index contributed by atoms with van der Waals surface area (Å²) in [4.78, 5) is 21.1. The summed E-state index contributed by atoms with van der Waals surface area (Å²) in [6.07, 6.45) is 1.82. The second kappa shape index (κ2) is 11.1. The van der Waals surface area contributed by atoms with Crippen LogP contribution in [0.15, 0.2) is 0 Å². The van der Waals surface area contributed by atoms with Crippen molar-refractivity contribution in [2.75, 3.05) is 6.54 Å². The first-order chi connectivity index (χ1) is 6.16. The summed E-state index contributed by atoms with van der Waals surface area (Å²) in [6, 6.07) is 0. The Morgan fingerprint density at radius 1 is 1.23 bits per heavy atom. The van der Waals surface area contributed by atoms with Crippen molar-refractivity contribution in [2.45, 2.75) is 47.0 Å². The maximum Gasteiger partial charge on any atom is 0.219 e. The lowest BCUT2D eigenvalue weighted by atomic mass is 10.2. The zero-order chi connectivity index (χ0) is 10.7. The molecule has 0 aromatic rings. The zero-order valence-corrected chi connectivity index (χ0v) is 9.14. The molecule has 3 heteroatoms. The van der Waals surface area contributed by atoms with Crippen LogP contribution in [0.1, 0.15) is 47.0 Å². The molecule has 0 atom stereocenters. The molecule has 0 saturated heterocycles. The summed E-state index contributed by atoms with van der Waals surface area (Å²) in [5, 5.41) is 2.70. The minimum Gasteiger partial charge on any atom is -0.356 e. The predicted molar refractivity (Wildman–Crippen MR) is 54.6 cm³/mol. The Kier molecular flexibility index (Phi) is 12.6. The van der Waals surface area contributed by atoms with Crippen molar-refractivity contribution in [3.63, 3.8) is 0 Å². The highest BCUT2D eigenvalue weighted by molar-refractivity contribution is 5.76. The fourth-order valence-corrected chi connectivity index (χ4v) is 0.690. The third-order valence-electron chi connectivity index (χ3n) is 1.35. The standard InChI is InChI=1S/C8H15NO2.C2H6/c1-3-8(11)9-6-4-5-7(2)10;1-2/h3-6H2,1-2H3,(H,9,11);1-2H3. The minimum atomic E-state index is 0.0496. The van der Waals surface area contributed by atoms with E-state index < -0.39 is 0 Å². The van der Waals surface area contributed by atoms with Crippen molar-refractivity contribution in [1.29, 1.82) is 0 Å². The molecule has 0 rings (SSSR count). The highest BCUT2D eigenvalue weighted by atomic mass is 16.1. The van der Waals surface area contributed by atoms with Crippen molar-refractivity contribution in [3.8, 4) is 0 Å². The predicted octanol–water partition coefficient (Wildman–Crippen LogP) is 1.91. The first kappa shape index (κ1) is 14.7. The van der Waals surface area contributed by atoms with Gasteiger partial charge in [0.1, 0.15) is 5.78 Å². The quantitative estimate of drug-likeness (QED) is 0.668. The molecule has 0 bridgehead atoms. The third kappa shape index (κ3) is 14.0. The molecule has 0 fully saturated rings. The van der Waals surface area contributed by atoms with Crippen molar-refractivity contribution < 1.29 is 9.59 Å². The molecule has 0 aromatic heterocycles. The van der Waals surface area contributed by atoms with Gasteiger partial charge in [-0.2, -0.15) is 0 Å². The van der Waals surface area contributed by atoms with Gasteiger partial charge in [-0.25, -0.2) is 0 Å². The second-order valence-corrected chi connectivity index (χ2v) is 2.51. The third-order valence-corrected chi connectivity index (χ3v) is 1.35. The highest BCUT2D eigenvalue weighted by Crippen LogP contribution is 1.87. The van der Waals surface area contributed by atoms with Crippen LogP contribution in [0.3, 0.4) is 0 Å². The largest absolute Gasteiger partial charge is 0.356 e. The van der Waals surface area contributed by atoms with Crippen LogP contribution in [0.2, 0.25) is 0 Å². The molecule has 1 N–H and O–H groups in total. The van der Waals surface area contributed by atoms with Gasteiger partial charge in [-0.3, -0.25) is 4.79 Å². The average molecular weight is 187 g/mol. The molecular weight excluding hydrogens is 166 g/mol. The van der Waals surface area contributed by atoms with Gasteiger partial charge >= 0.3 is 0 Å².